The van der Waals surface area contributed by atoms with E-state index in [1.165, 1.54) is 16.9 Å². The first kappa shape index (κ1) is 28.3. The van der Waals surface area contributed by atoms with Gasteiger partial charge in [-0.2, -0.15) is 4.31 Å². The highest BCUT2D eigenvalue weighted by atomic mass is 32.2. The smallest absolute Gasteiger partial charge is 0.246 e. The van der Waals surface area contributed by atoms with Gasteiger partial charge < -0.3 is 15.0 Å². The Kier molecular flexibility index (Phi) is 10.5. The van der Waals surface area contributed by atoms with Crippen LogP contribution in [0.4, 0.5) is 0 Å². The van der Waals surface area contributed by atoms with Gasteiger partial charge in [-0.1, -0.05) is 48.0 Å². The number of ether oxygens (including phenoxy) is 1. The molecule has 1 atom stereocenters. The summed E-state index contributed by atoms with van der Waals surface area (Å²) < 4.78 is 32.0. The van der Waals surface area contributed by atoms with Crippen LogP contribution in [0.15, 0.2) is 59.5 Å². The lowest BCUT2D eigenvalue weighted by atomic mass is 9.76. The van der Waals surface area contributed by atoms with Gasteiger partial charge in [0.2, 0.25) is 15.9 Å². The molecular formula is C28H41N3O4S. The highest BCUT2D eigenvalue weighted by molar-refractivity contribution is 7.89. The largest absolute Gasteiger partial charge is 0.370 e. The number of nitrogens with zero attached hydrogens (tertiary/aromatic N) is 2. The Morgan fingerprint density at radius 1 is 1.00 bits per heavy atom. The summed E-state index contributed by atoms with van der Waals surface area (Å²) in [4.78, 5) is 14.8. The second-order valence-corrected chi connectivity index (χ2v) is 12.1. The standard InChI is InChI=1S/C28H41N3O4S/c1-22-10-16-26(17-11-22)36(33,34)31(4)18-19-35-21-27(32)29-20-23-12-14-25(15-13-23)28(30(2)3)24-8-6-5-7-9-24/h5-11,16-17,23,25,28H,12-15,18-21H2,1-4H3,(H,29,32). The Balaban J connectivity index is 1.34. The fourth-order valence-electron chi connectivity index (χ4n) is 5.03. The van der Waals surface area contributed by atoms with Gasteiger partial charge in [0.15, 0.2) is 0 Å². The van der Waals surface area contributed by atoms with Gasteiger partial charge in [0.05, 0.1) is 11.5 Å². The van der Waals surface area contributed by atoms with Gasteiger partial charge in [-0.3, -0.25) is 4.79 Å². The highest BCUT2D eigenvalue weighted by Gasteiger charge is 2.30. The van der Waals surface area contributed by atoms with E-state index in [2.05, 4.69) is 54.6 Å². The van der Waals surface area contributed by atoms with Crippen molar-refractivity contribution in [2.24, 2.45) is 11.8 Å². The van der Waals surface area contributed by atoms with E-state index >= 15 is 0 Å². The molecule has 1 saturated carbocycles. The minimum absolute atomic E-state index is 0.0650. The van der Waals surface area contributed by atoms with Gasteiger partial charge in [0.25, 0.3) is 0 Å². The maximum absolute atomic E-state index is 12.6. The van der Waals surface area contributed by atoms with E-state index < -0.39 is 10.0 Å². The molecule has 198 valence electrons. The first-order valence-corrected chi connectivity index (χ1v) is 14.2. The molecular weight excluding hydrogens is 474 g/mol. The van der Waals surface area contributed by atoms with Gasteiger partial charge >= 0.3 is 0 Å². The minimum Gasteiger partial charge on any atom is -0.370 e. The molecule has 1 N–H and O–H groups in total. The van der Waals surface area contributed by atoms with Gasteiger partial charge in [0.1, 0.15) is 6.61 Å². The average molecular weight is 516 g/mol. The summed E-state index contributed by atoms with van der Waals surface area (Å²) in [7, 11) is 2.26. The Bertz CT molecular complexity index is 1050. The van der Waals surface area contributed by atoms with Crippen LogP contribution in [-0.4, -0.2) is 71.0 Å². The molecule has 7 nitrogen and oxygen atoms in total. The molecule has 1 unspecified atom stereocenters. The van der Waals surface area contributed by atoms with Gasteiger partial charge in [-0.25, -0.2) is 8.42 Å². The number of likely N-dealkylation sites (N-methyl/N-ethyl adjacent to an activating group) is 1. The predicted octanol–water partition coefficient (Wildman–Crippen LogP) is 3.86. The monoisotopic (exact) mass is 515 g/mol. The lowest BCUT2D eigenvalue weighted by Gasteiger charge is -2.37. The van der Waals surface area contributed by atoms with E-state index in [-0.39, 0.29) is 30.6 Å². The first-order chi connectivity index (χ1) is 17.2. The number of rotatable bonds is 12. The van der Waals surface area contributed by atoms with Crippen molar-refractivity contribution in [3.63, 3.8) is 0 Å². The summed E-state index contributed by atoms with van der Waals surface area (Å²) in [6, 6.07) is 17.9. The van der Waals surface area contributed by atoms with Crippen LogP contribution in [0.3, 0.4) is 0 Å². The summed E-state index contributed by atoms with van der Waals surface area (Å²) in [5.74, 6) is 0.942. The molecule has 0 aliphatic heterocycles. The van der Waals surface area contributed by atoms with Gasteiger partial charge in [-0.05, 0) is 76.2 Å². The molecule has 0 saturated heterocycles. The zero-order valence-corrected chi connectivity index (χ0v) is 22.8. The quantitative estimate of drug-likeness (QED) is 0.435. The van der Waals surface area contributed by atoms with Crippen molar-refractivity contribution in [3.05, 3.63) is 65.7 Å². The highest BCUT2D eigenvalue weighted by Crippen LogP contribution is 2.39. The number of carbonyl (C=O) groups excluding carboxylic acids is 1. The van der Waals surface area contributed by atoms with Crippen molar-refractivity contribution < 1.29 is 17.9 Å². The third kappa shape index (κ3) is 7.87. The second-order valence-electron chi connectivity index (χ2n) is 10.1. The zero-order chi connectivity index (χ0) is 26.1. The Hall–Kier alpha value is -2.26. The van der Waals surface area contributed by atoms with Gasteiger partial charge in [0, 0.05) is 26.2 Å². The van der Waals surface area contributed by atoms with E-state index in [9.17, 15) is 13.2 Å². The average Bonchev–Trinajstić information content (AvgIpc) is 2.87. The third-order valence-electron chi connectivity index (χ3n) is 7.14. The molecule has 0 radical (unpaired) electrons. The second kappa shape index (κ2) is 13.3. The van der Waals surface area contributed by atoms with Crippen molar-refractivity contribution in [1.29, 1.82) is 0 Å². The molecule has 1 amide bonds. The summed E-state index contributed by atoms with van der Waals surface area (Å²) in [6.45, 7) is 2.85. The summed E-state index contributed by atoms with van der Waals surface area (Å²) in [5.41, 5.74) is 2.37. The number of nitrogens with one attached hydrogen (secondary N) is 1. The molecule has 0 bridgehead atoms. The molecule has 2 aromatic carbocycles. The number of aryl methyl sites for hydroxylation is 1. The molecule has 0 spiro atoms. The lowest BCUT2D eigenvalue weighted by molar-refractivity contribution is -0.126. The van der Waals surface area contributed by atoms with Crippen LogP contribution in [0.5, 0.6) is 0 Å². The Labute approximate surface area is 216 Å². The fraction of sp³-hybridized carbons (Fsp3) is 0.536. The number of hydrogen-bond acceptors (Lipinski definition) is 5. The van der Waals surface area contributed by atoms with Crippen molar-refractivity contribution in [3.8, 4) is 0 Å². The maximum Gasteiger partial charge on any atom is 0.246 e. The van der Waals surface area contributed by atoms with E-state index in [1.807, 2.05) is 6.92 Å². The van der Waals surface area contributed by atoms with Crippen LogP contribution in [0.2, 0.25) is 0 Å². The van der Waals surface area contributed by atoms with Crippen LogP contribution in [0.1, 0.15) is 42.9 Å². The van der Waals surface area contributed by atoms with E-state index in [0.29, 0.717) is 24.4 Å². The summed E-state index contributed by atoms with van der Waals surface area (Å²) >= 11 is 0. The normalized spacial score (nSPS) is 19.4. The number of hydrogen-bond donors (Lipinski definition) is 1. The van der Waals surface area contributed by atoms with E-state index in [0.717, 1.165) is 31.2 Å². The third-order valence-corrected chi connectivity index (χ3v) is 9.01. The first-order valence-electron chi connectivity index (χ1n) is 12.8. The number of benzene rings is 2. The van der Waals surface area contributed by atoms with Crippen LogP contribution in [0, 0.1) is 18.8 Å². The predicted molar refractivity (Wildman–Crippen MR) is 143 cm³/mol. The Morgan fingerprint density at radius 3 is 2.25 bits per heavy atom. The molecule has 2 aromatic rings. The molecule has 0 heterocycles. The topological polar surface area (TPSA) is 78.9 Å². The molecule has 1 fully saturated rings. The number of amides is 1. The number of sulfonamides is 1. The fourth-order valence-corrected chi connectivity index (χ4v) is 6.18. The van der Waals surface area contributed by atoms with Gasteiger partial charge in [-0.15, -0.1) is 0 Å². The number of carbonyl (C=O) groups is 1. The van der Waals surface area contributed by atoms with Crippen molar-refractivity contribution in [2.45, 2.75) is 43.5 Å². The van der Waals surface area contributed by atoms with E-state index in [1.54, 1.807) is 24.3 Å². The maximum atomic E-state index is 12.6. The molecule has 1 aliphatic carbocycles. The molecule has 1 aliphatic rings. The van der Waals surface area contributed by atoms with E-state index in [4.69, 9.17) is 4.74 Å². The lowest BCUT2D eigenvalue weighted by Crippen LogP contribution is -2.36. The Morgan fingerprint density at radius 2 is 1.64 bits per heavy atom. The SMILES string of the molecule is Cc1ccc(S(=O)(=O)N(C)CCOCC(=O)NCC2CCC(C(c3ccccc3)N(C)C)CC2)cc1. The van der Waals surface area contributed by atoms with Crippen LogP contribution in [-0.2, 0) is 19.6 Å². The molecule has 8 heteroatoms. The summed E-state index contributed by atoms with van der Waals surface area (Å²) in [6.07, 6.45) is 4.50. The van der Waals surface area contributed by atoms with Crippen molar-refractivity contribution >= 4 is 15.9 Å². The van der Waals surface area contributed by atoms with Crippen molar-refractivity contribution in [1.82, 2.24) is 14.5 Å². The van der Waals surface area contributed by atoms with Crippen LogP contribution < -0.4 is 5.32 Å². The minimum atomic E-state index is -3.57. The van der Waals surface area contributed by atoms with Crippen molar-refractivity contribution in [2.75, 3.05) is 47.4 Å². The van der Waals surface area contributed by atoms with Crippen LogP contribution in [0.25, 0.3) is 0 Å². The summed E-state index contributed by atoms with van der Waals surface area (Å²) in [5, 5.41) is 2.99. The molecule has 3 rings (SSSR count). The molecule has 36 heavy (non-hydrogen) atoms. The zero-order valence-electron chi connectivity index (χ0n) is 22.0. The molecule has 0 aromatic heterocycles. The van der Waals surface area contributed by atoms with Crippen LogP contribution >= 0.6 is 0 Å².